The molecule has 24 heavy (non-hydrogen) atoms. The average Bonchev–Trinajstić information content (AvgIpc) is 2.57. The molecular formula is C18H18NO5-. The molecule has 2 rings (SSSR count). The summed E-state index contributed by atoms with van der Waals surface area (Å²) in [7, 11) is 0. The first kappa shape index (κ1) is 17.7. The van der Waals surface area contributed by atoms with Crippen LogP contribution in [0, 0.1) is 11.8 Å². The SMILES string of the molecule is O=C([O-])CCCN=CC1C(=O)CCC(C(=O)c2ccccc2)C1=O. The normalized spacial score (nSPS) is 21.2. The van der Waals surface area contributed by atoms with Gasteiger partial charge in [-0.1, -0.05) is 30.3 Å². The van der Waals surface area contributed by atoms with Gasteiger partial charge in [-0.2, -0.15) is 0 Å². The van der Waals surface area contributed by atoms with E-state index < -0.39 is 23.6 Å². The Morgan fingerprint density at radius 1 is 1.21 bits per heavy atom. The van der Waals surface area contributed by atoms with Gasteiger partial charge in [-0.15, -0.1) is 0 Å². The van der Waals surface area contributed by atoms with Crippen molar-refractivity contribution in [3.8, 4) is 0 Å². The van der Waals surface area contributed by atoms with Crippen LogP contribution >= 0.6 is 0 Å². The van der Waals surface area contributed by atoms with Crippen molar-refractivity contribution in [1.29, 1.82) is 0 Å². The van der Waals surface area contributed by atoms with Crippen molar-refractivity contribution in [2.45, 2.75) is 25.7 Å². The third-order valence-electron chi connectivity index (χ3n) is 3.97. The lowest BCUT2D eigenvalue weighted by Crippen LogP contribution is -2.40. The standard InChI is InChI=1S/C18H19NO5/c20-15-9-8-13(17(23)12-5-2-1-3-6-12)18(24)14(15)11-19-10-4-7-16(21)22/h1-3,5-6,11,13-14H,4,7-10H2,(H,21,22)/p-1. The molecule has 0 aliphatic heterocycles. The van der Waals surface area contributed by atoms with E-state index in [0.29, 0.717) is 5.56 Å². The monoisotopic (exact) mass is 328 g/mol. The summed E-state index contributed by atoms with van der Waals surface area (Å²) in [5.74, 6) is -3.96. The molecule has 1 aromatic rings. The van der Waals surface area contributed by atoms with Crippen LogP contribution in [0.1, 0.15) is 36.0 Å². The number of Topliss-reactive ketones (excluding diaryl/α,β-unsaturated/α-hetero) is 3. The number of carboxylic acid groups (broad SMARTS) is 1. The molecular weight excluding hydrogens is 310 g/mol. The first-order valence-electron chi connectivity index (χ1n) is 7.86. The summed E-state index contributed by atoms with van der Waals surface area (Å²) in [6.07, 6.45) is 1.79. The van der Waals surface area contributed by atoms with Gasteiger partial charge in [-0.05, 0) is 19.3 Å². The second kappa shape index (κ2) is 8.29. The Morgan fingerprint density at radius 3 is 2.58 bits per heavy atom. The molecule has 1 saturated carbocycles. The highest BCUT2D eigenvalue weighted by Crippen LogP contribution is 2.25. The minimum absolute atomic E-state index is 0.126. The summed E-state index contributed by atoms with van der Waals surface area (Å²) in [6.45, 7) is 0.197. The van der Waals surface area contributed by atoms with Gasteiger partial charge in [0.1, 0.15) is 11.7 Å². The van der Waals surface area contributed by atoms with Gasteiger partial charge in [0.15, 0.2) is 11.6 Å². The maximum Gasteiger partial charge on any atom is 0.173 e. The number of carbonyl (C=O) groups excluding carboxylic acids is 4. The Bertz CT molecular complexity index is 665. The molecule has 2 unspecified atom stereocenters. The first-order chi connectivity index (χ1) is 11.5. The van der Waals surface area contributed by atoms with Crippen LogP contribution in [-0.4, -0.2) is 36.1 Å². The molecule has 1 aliphatic carbocycles. The van der Waals surface area contributed by atoms with Gasteiger partial charge in [-0.25, -0.2) is 0 Å². The maximum absolute atomic E-state index is 12.5. The molecule has 0 radical (unpaired) electrons. The molecule has 0 spiro atoms. The lowest BCUT2D eigenvalue weighted by molar-refractivity contribution is -0.305. The minimum Gasteiger partial charge on any atom is -0.550 e. The van der Waals surface area contributed by atoms with E-state index in [1.54, 1.807) is 30.3 Å². The second-order valence-corrected chi connectivity index (χ2v) is 5.70. The second-order valence-electron chi connectivity index (χ2n) is 5.70. The van der Waals surface area contributed by atoms with Gasteiger partial charge in [-0.3, -0.25) is 19.4 Å². The fourth-order valence-corrected chi connectivity index (χ4v) is 2.67. The number of ketones is 3. The van der Waals surface area contributed by atoms with Crippen LogP contribution in [0.2, 0.25) is 0 Å². The molecule has 0 bridgehead atoms. The van der Waals surface area contributed by atoms with E-state index in [1.165, 1.54) is 6.21 Å². The molecule has 6 heteroatoms. The number of hydrogen-bond acceptors (Lipinski definition) is 6. The number of hydrogen-bond donors (Lipinski definition) is 0. The quantitative estimate of drug-likeness (QED) is 0.316. The zero-order chi connectivity index (χ0) is 17.5. The van der Waals surface area contributed by atoms with Crippen molar-refractivity contribution in [3.05, 3.63) is 35.9 Å². The van der Waals surface area contributed by atoms with Crippen LogP contribution < -0.4 is 5.11 Å². The zero-order valence-electron chi connectivity index (χ0n) is 13.1. The van der Waals surface area contributed by atoms with Gasteiger partial charge in [0.2, 0.25) is 0 Å². The van der Waals surface area contributed by atoms with E-state index >= 15 is 0 Å². The summed E-state index contributed by atoms with van der Waals surface area (Å²) in [5, 5.41) is 10.3. The van der Waals surface area contributed by atoms with Crippen molar-refractivity contribution in [3.63, 3.8) is 0 Å². The summed E-state index contributed by atoms with van der Waals surface area (Å²) < 4.78 is 0. The van der Waals surface area contributed by atoms with Gasteiger partial charge in [0, 0.05) is 30.7 Å². The third kappa shape index (κ3) is 4.44. The highest BCUT2D eigenvalue weighted by Gasteiger charge is 2.39. The van der Waals surface area contributed by atoms with Gasteiger partial charge in [0.25, 0.3) is 0 Å². The van der Waals surface area contributed by atoms with E-state index in [-0.39, 0.29) is 43.8 Å². The third-order valence-corrected chi connectivity index (χ3v) is 3.97. The summed E-state index contributed by atoms with van der Waals surface area (Å²) in [4.78, 5) is 51.2. The molecule has 0 N–H and O–H groups in total. The van der Waals surface area contributed by atoms with Crippen molar-refractivity contribution in [2.75, 3.05) is 6.54 Å². The zero-order valence-corrected chi connectivity index (χ0v) is 13.1. The van der Waals surface area contributed by atoms with E-state index in [9.17, 15) is 24.3 Å². The number of benzene rings is 1. The van der Waals surface area contributed by atoms with Crippen molar-refractivity contribution in [2.24, 2.45) is 16.8 Å². The Kier molecular flexibility index (Phi) is 6.12. The average molecular weight is 328 g/mol. The topological polar surface area (TPSA) is 104 Å². The summed E-state index contributed by atoms with van der Waals surface area (Å²) in [6, 6.07) is 8.53. The molecule has 0 aromatic heterocycles. The Hall–Kier alpha value is -2.63. The highest BCUT2D eigenvalue weighted by atomic mass is 16.4. The Labute approximate surface area is 139 Å². The van der Waals surface area contributed by atoms with Crippen LogP contribution in [0.3, 0.4) is 0 Å². The Morgan fingerprint density at radius 2 is 1.92 bits per heavy atom. The van der Waals surface area contributed by atoms with E-state index in [1.807, 2.05) is 0 Å². The van der Waals surface area contributed by atoms with Crippen LogP contribution in [0.15, 0.2) is 35.3 Å². The van der Waals surface area contributed by atoms with Crippen LogP contribution in [-0.2, 0) is 14.4 Å². The van der Waals surface area contributed by atoms with Gasteiger partial charge in [0.05, 0.1) is 5.92 Å². The highest BCUT2D eigenvalue weighted by molar-refractivity contribution is 6.23. The van der Waals surface area contributed by atoms with E-state index in [4.69, 9.17) is 0 Å². The largest absolute Gasteiger partial charge is 0.550 e. The van der Waals surface area contributed by atoms with Crippen LogP contribution in [0.4, 0.5) is 0 Å². The van der Waals surface area contributed by atoms with Gasteiger partial charge < -0.3 is 9.90 Å². The predicted molar refractivity (Wildman–Crippen MR) is 84.6 cm³/mol. The summed E-state index contributed by atoms with van der Waals surface area (Å²) in [5.41, 5.74) is 0.454. The maximum atomic E-state index is 12.5. The van der Waals surface area contributed by atoms with E-state index in [2.05, 4.69) is 4.99 Å². The molecule has 126 valence electrons. The number of carbonyl (C=O) groups is 4. The molecule has 0 saturated heterocycles. The van der Waals surface area contributed by atoms with Gasteiger partial charge >= 0.3 is 0 Å². The van der Waals surface area contributed by atoms with Crippen LogP contribution in [0.5, 0.6) is 0 Å². The molecule has 0 amide bonds. The van der Waals surface area contributed by atoms with Crippen molar-refractivity contribution < 1.29 is 24.3 Å². The molecule has 2 atom stereocenters. The van der Waals surface area contributed by atoms with Crippen molar-refractivity contribution in [1.82, 2.24) is 0 Å². The van der Waals surface area contributed by atoms with Crippen molar-refractivity contribution >= 4 is 29.5 Å². The first-order valence-corrected chi connectivity index (χ1v) is 7.86. The molecule has 1 aromatic carbocycles. The lowest BCUT2D eigenvalue weighted by Gasteiger charge is -2.23. The smallest absolute Gasteiger partial charge is 0.173 e. The lowest BCUT2D eigenvalue weighted by atomic mass is 9.76. The number of nitrogens with zero attached hydrogens (tertiary/aromatic N) is 1. The number of aliphatic carboxylic acids is 1. The Balaban J connectivity index is 2.03. The molecule has 1 aliphatic rings. The number of aliphatic imine (C=N–C) groups is 1. The minimum atomic E-state index is -1.16. The summed E-state index contributed by atoms with van der Waals surface area (Å²) >= 11 is 0. The fourth-order valence-electron chi connectivity index (χ4n) is 2.67. The molecule has 0 heterocycles. The van der Waals surface area contributed by atoms with E-state index in [0.717, 1.165) is 0 Å². The number of rotatable bonds is 7. The molecule has 1 fully saturated rings. The fraction of sp³-hybridized carbons (Fsp3) is 0.389. The predicted octanol–water partition coefficient (Wildman–Crippen LogP) is 0.635. The molecule has 6 nitrogen and oxygen atoms in total. The number of carboxylic acids is 1. The van der Waals surface area contributed by atoms with Crippen LogP contribution in [0.25, 0.3) is 0 Å².